The number of non-ortho nitro benzene ring substituents is 1. The minimum atomic E-state index is -1.03. The number of ketones is 1. The van der Waals surface area contributed by atoms with Gasteiger partial charge in [0, 0.05) is 29.4 Å². The number of nitrogens with zero attached hydrogens (tertiary/aromatic N) is 2. The maximum Gasteiger partial charge on any atom is 0.300 e. The Kier molecular flexibility index (Phi) is 5.95. The van der Waals surface area contributed by atoms with Crippen LogP contribution >= 0.6 is 0 Å². The molecule has 3 aromatic rings. The number of Topliss-reactive ketones (excluding diaryl/α,β-unsaturated/α-hetero) is 1. The first-order valence-corrected chi connectivity index (χ1v) is 10.2. The van der Waals surface area contributed by atoms with Crippen molar-refractivity contribution in [2.75, 3.05) is 11.5 Å². The third-order valence-electron chi connectivity index (χ3n) is 5.18. The molecule has 1 aliphatic heterocycles. The predicted octanol–water partition coefficient (Wildman–Crippen LogP) is 4.60. The summed E-state index contributed by atoms with van der Waals surface area (Å²) in [6.45, 7) is 2.46. The zero-order valence-corrected chi connectivity index (χ0v) is 17.6. The lowest BCUT2D eigenvalue weighted by atomic mass is 9.99. The maximum atomic E-state index is 13.1. The lowest BCUT2D eigenvalue weighted by molar-refractivity contribution is -0.384. The highest BCUT2D eigenvalue weighted by atomic mass is 16.6. The summed E-state index contributed by atoms with van der Waals surface area (Å²) in [5, 5.41) is 21.9. The molecule has 2 heterocycles. The van der Waals surface area contributed by atoms with Crippen molar-refractivity contribution in [3.8, 4) is 5.75 Å². The molecule has 4 rings (SSSR count). The number of ether oxygens (including phenoxy) is 1. The molecule has 168 valence electrons. The Morgan fingerprint density at radius 2 is 1.91 bits per heavy atom. The summed E-state index contributed by atoms with van der Waals surface area (Å²) in [7, 11) is 0. The first-order chi connectivity index (χ1) is 15.9. The van der Waals surface area contributed by atoms with Crippen LogP contribution in [0, 0.1) is 10.1 Å². The van der Waals surface area contributed by atoms with Crippen LogP contribution in [-0.4, -0.2) is 28.3 Å². The van der Waals surface area contributed by atoms with E-state index in [1.54, 1.807) is 36.4 Å². The zero-order chi connectivity index (χ0) is 23.5. The van der Waals surface area contributed by atoms with E-state index in [0.29, 0.717) is 18.0 Å². The van der Waals surface area contributed by atoms with Gasteiger partial charge in [0.1, 0.15) is 23.3 Å². The van der Waals surface area contributed by atoms with Crippen LogP contribution < -0.4 is 9.64 Å². The van der Waals surface area contributed by atoms with Gasteiger partial charge in [0.05, 0.1) is 23.4 Å². The van der Waals surface area contributed by atoms with Crippen molar-refractivity contribution >= 4 is 28.8 Å². The highest BCUT2D eigenvalue weighted by Gasteiger charge is 2.48. The Balaban J connectivity index is 1.83. The number of anilines is 1. The predicted molar refractivity (Wildman–Crippen MR) is 119 cm³/mol. The fourth-order valence-corrected chi connectivity index (χ4v) is 3.65. The third kappa shape index (κ3) is 4.08. The molecule has 1 unspecified atom stereocenters. The van der Waals surface area contributed by atoms with Crippen molar-refractivity contribution in [1.82, 2.24) is 0 Å². The molecule has 1 N–H and O–H groups in total. The van der Waals surface area contributed by atoms with Gasteiger partial charge < -0.3 is 14.3 Å². The number of hydrogen-bond donors (Lipinski definition) is 1. The number of nitro benzene ring substituents is 1. The number of aliphatic hydroxyl groups excluding tert-OH is 1. The van der Waals surface area contributed by atoms with E-state index in [9.17, 15) is 24.8 Å². The van der Waals surface area contributed by atoms with E-state index in [1.807, 2.05) is 6.92 Å². The van der Waals surface area contributed by atoms with E-state index in [4.69, 9.17) is 9.15 Å². The fourth-order valence-electron chi connectivity index (χ4n) is 3.65. The third-order valence-corrected chi connectivity index (χ3v) is 5.18. The summed E-state index contributed by atoms with van der Waals surface area (Å²) in [6.07, 6.45) is 2.21. The Bertz CT molecular complexity index is 1230. The molecule has 0 bridgehead atoms. The SMILES string of the molecule is CCCOc1cccc(N2C(=O)C(=O)/C(=C(\O)c3ccc([N+](=O)[O-])cc3)C2c2ccco2)c1. The first kappa shape index (κ1) is 21.8. The van der Waals surface area contributed by atoms with Crippen molar-refractivity contribution in [2.45, 2.75) is 19.4 Å². The lowest BCUT2D eigenvalue weighted by Gasteiger charge is -2.23. The van der Waals surface area contributed by atoms with E-state index < -0.39 is 28.4 Å². The van der Waals surface area contributed by atoms with Crippen LogP contribution in [0.25, 0.3) is 5.76 Å². The van der Waals surface area contributed by atoms with Gasteiger partial charge in [-0.25, -0.2) is 0 Å². The number of rotatable bonds is 7. The largest absolute Gasteiger partial charge is 0.507 e. The molecule has 9 heteroatoms. The monoisotopic (exact) mass is 448 g/mol. The molecule has 1 aromatic heterocycles. The second kappa shape index (κ2) is 8.99. The second-order valence-corrected chi connectivity index (χ2v) is 7.33. The summed E-state index contributed by atoms with van der Waals surface area (Å²) < 4.78 is 11.2. The van der Waals surface area contributed by atoms with Crippen LogP contribution in [0.2, 0.25) is 0 Å². The van der Waals surface area contributed by atoms with Crippen molar-refractivity contribution in [3.05, 3.63) is 93.9 Å². The number of carbonyl (C=O) groups excluding carboxylic acids is 2. The van der Waals surface area contributed by atoms with Gasteiger partial charge in [-0.1, -0.05) is 13.0 Å². The molecule has 0 aliphatic carbocycles. The highest BCUT2D eigenvalue weighted by molar-refractivity contribution is 6.51. The summed E-state index contributed by atoms with van der Waals surface area (Å²) in [6, 6.07) is 14.0. The maximum absolute atomic E-state index is 13.1. The zero-order valence-electron chi connectivity index (χ0n) is 17.6. The van der Waals surface area contributed by atoms with Crippen molar-refractivity contribution < 1.29 is 28.8 Å². The number of hydrogen-bond acceptors (Lipinski definition) is 7. The topological polar surface area (TPSA) is 123 Å². The van der Waals surface area contributed by atoms with E-state index in [-0.39, 0.29) is 22.6 Å². The van der Waals surface area contributed by atoms with Crippen LogP contribution in [0.1, 0.15) is 30.7 Å². The van der Waals surface area contributed by atoms with Gasteiger partial charge in [0.2, 0.25) is 0 Å². The fraction of sp³-hybridized carbons (Fsp3) is 0.167. The molecule has 1 aliphatic rings. The smallest absolute Gasteiger partial charge is 0.300 e. The lowest BCUT2D eigenvalue weighted by Crippen LogP contribution is -2.29. The molecule has 1 amide bonds. The number of furan rings is 1. The number of carbonyl (C=O) groups is 2. The van der Waals surface area contributed by atoms with Crippen molar-refractivity contribution in [3.63, 3.8) is 0 Å². The van der Waals surface area contributed by atoms with Crippen LogP contribution in [0.3, 0.4) is 0 Å². The summed E-state index contributed by atoms with van der Waals surface area (Å²) in [4.78, 5) is 37.8. The van der Waals surface area contributed by atoms with Gasteiger partial charge in [-0.3, -0.25) is 24.6 Å². The highest BCUT2D eigenvalue weighted by Crippen LogP contribution is 2.43. The number of nitro groups is 1. The van der Waals surface area contributed by atoms with Crippen LogP contribution in [-0.2, 0) is 9.59 Å². The van der Waals surface area contributed by atoms with E-state index in [0.717, 1.165) is 6.42 Å². The second-order valence-electron chi connectivity index (χ2n) is 7.33. The average molecular weight is 448 g/mol. The minimum Gasteiger partial charge on any atom is -0.507 e. The molecule has 1 atom stereocenters. The number of benzene rings is 2. The Hall–Kier alpha value is -4.40. The molecule has 1 saturated heterocycles. The summed E-state index contributed by atoms with van der Waals surface area (Å²) in [5.41, 5.74) is 0.215. The molecule has 2 aromatic carbocycles. The van der Waals surface area contributed by atoms with Gasteiger partial charge >= 0.3 is 0 Å². The van der Waals surface area contributed by atoms with Gasteiger partial charge in [0.15, 0.2) is 0 Å². The quantitative estimate of drug-likeness (QED) is 0.184. The van der Waals surface area contributed by atoms with Crippen molar-refractivity contribution in [1.29, 1.82) is 0 Å². The average Bonchev–Trinajstić information content (AvgIpc) is 3.44. The molecule has 33 heavy (non-hydrogen) atoms. The molecule has 0 radical (unpaired) electrons. The minimum absolute atomic E-state index is 0.162. The molecular formula is C24H20N2O7. The normalized spacial score (nSPS) is 17.4. The van der Waals surface area contributed by atoms with E-state index >= 15 is 0 Å². The van der Waals surface area contributed by atoms with Gasteiger partial charge in [-0.05, 0) is 42.8 Å². The van der Waals surface area contributed by atoms with Crippen molar-refractivity contribution in [2.24, 2.45) is 0 Å². The van der Waals surface area contributed by atoms with Gasteiger partial charge in [-0.2, -0.15) is 0 Å². The molecule has 1 fully saturated rings. The summed E-state index contributed by atoms with van der Waals surface area (Å²) >= 11 is 0. The first-order valence-electron chi connectivity index (χ1n) is 10.2. The van der Waals surface area contributed by atoms with Crippen LogP contribution in [0.4, 0.5) is 11.4 Å². The number of amides is 1. The van der Waals surface area contributed by atoms with Crippen LogP contribution in [0.15, 0.2) is 76.9 Å². The molecule has 0 saturated carbocycles. The van der Waals surface area contributed by atoms with E-state index in [1.165, 1.54) is 35.4 Å². The Morgan fingerprint density at radius 3 is 2.55 bits per heavy atom. The summed E-state index contributed by atoms with van der Waals surface area (Å²) in [5.74, 6) is -1.38. The Morgan fingerprint density at radius 1 is 1.15 bits per heavy atom. The van der Waals surface area contributed by atoms with E-state index in [2.05, 4.69) is 0 Å². The van der Waals surface area contributed by atoms with Gasteiger partial charge in [0.25, 0.3) is 17.4 Å². The van der Waals surface area contributed by atoms with Gasteiger partial charge in [-0.15, -0.1) is 0 Å². The molecular weight excluding hydrogens is 428 g/mol. The number of aliphatic hydroxyl groups is 1. The molecule has 0 spiro atoms. The molecule has 9 nitrogen and oxygen atoms in total. The standard InChI is InChI=1S/C24H20N2O7/c1-2-12-32-18-6-3-5-17(14-18)25-21(19-7-4-13-33-19)20(23(28)24(25)29)22(27)15-8-10-16(11-9-15)26(30)31/h3-11,13-14,21,27H,2,12H2,1H3/b22-20-. The van der Waals surface area contributed by atoms with Crippen LogP contribution in [0.5, 0.6) is 5.75 Å². The Labute approximate surface area is 188 Å².